The molecule has 1 rings (SSSR count). The Morgan fingerprint density at radius 2 is 1.50 bits per heavy atom. The van der Waals surface area contributed by atoms with E-state index in [4.69, 9.17) is 5.26 Å². The molecule has 14 heavy (non-hydrogen) atoms. The Labute approximate surface area is 79.9 Å². The van der Waals surface area contributed by atoms with Gasteiger partial charge in [-0.3, -0.25) is 0 Å². The highest BCUT2D eigenvalue weighted by Gasteiger charge is 1.94. The summed E-state index contributed by atoms with van der Waals surface area (Å²) in [5, 5.41) is 25.3. The molecule has 0 fully saturated rings. The van der Waals surface area contributed by atoms with Gasteiger partial charge >= 0.3 is 0 Å². The monoisotopic (exact) mass is 206 g/mol. The molecule has 0 amide bonds. The lowest BCUT2D eigenvalue weighted by molar-refractivity contribution is -0.779. The van der Waals surface area contributed by atoms with Crippen LogP contribution in [0.1, 0.15) is 7.43 Å². The van der Waals surface area contributed by atoms with E-state index in [2.05, 4.69) is 30.1 Å². The van der Waals surface area contributed by atoms with Crippen LogP contribution < -0.4 is 4.89 Å². The van der Waals surface area contributed by atoms with Crippen LogP contribution in [0.3, 0.4) is 0 Å². The molecule has 0 aliphatic heterocycles. The van der Waals surface area contributed by atoms with Gasteiger partial charge in [-0.05, 0) is 22.2 Å². The van der Waals surface area contributed by atoms with Crippen molar-refractivity contribution in [1.82, 2.24) is 0 Å². The summed E-state index contributed by atoms with van der Waals surface area (Å²) in [5.41, 5.74) is 0. The Morgan fingerprint density at radius 1 is 0.857 bits per heavy atom. The number of rotatable bonds is 6. The van der Waals surface area contributed by atoms with E-state index in [1.807, 2.05) is 0 Å². The zero-order chi connectivity index (χ0) is 9.36. The predicted molar refractivity (Wildman–Crippen MR) is 41.9 cm³/mol. The van der Waals surface area contributed by atoms with Crippen LogP contribution in [0.4, 0.5) is 0 Å². The molecular formula is C7H10O7. The maximum Gasteiger partial charge on any atom is 0.168 e. The van der Waals surface area contributed by atoms with Crippen molar-refractivity contribution in [2.75, 3.05) is 0 Å². The maximum atomic E-state index is 7.56. The van der Waals surface area contributed by atoms with Crippen LogP contribution >= 0.6 is 0 Å². The van der Waals surface area contributed by atoms with Crippen molar-refractivity contribution in [3.05, 3.63) is 30.3 Å². The van der Waals surface area contributed by atoms with Gasteiger partial charge in [0.15, 0.2) is 5.75 Å². The van der Waals surface area contributed by atoms with Crippen LogP contribution in [0.5, 0.6) is 5.75 Å². The van der Waals surface area contributed by atoms with Gasteiger partial charge in [0, 0.05) is 15.1 Å². The van der Waals surface area contributed by atoms with Crippen LogP contribution in [0, 0.1) is 0 Å². The largest absolute Gasteiger partial charge is 0.306 e. The third-order valence-corrected chi connectivity index (χ3v) is 0.987. The van der Waals surface area contributed by atoms with Crippen LogP contribution in [-0.2, 0) is 25.2 Å². The van der Waals surface area contributed by atoms with Crippen molar-refractivity contribution >= 4 is 0 Å². The highest BCUT2D eigenvalue weighted by molar-refractivity contribution is 5.19. The highest BCUT2D eigenvalue weighted by atomic mass is 17.9. The average molecular weight is 206 g/mol. The summed E-state index contributed by atoms with van der Waals surface area (Å²) in [6.07, 6.45) is 0. The molecule has 0 unspecified atom stereocenters. The number of hydrogen-bond donors (Lipinski definition) is 1. The molecule has 7 nitrogen and oxygen atoms in total. The molecule has 0 aliphatic rings. The minimum atomic E-state index is 0. The van der Waals surface area contributed by atoms with E-state index in [9.17, 15) is 0 Å². The van der Waals surface area contributed by atoms with Crippen molar-refractivity contribution in [2.24, 2.45) is 0 Å². The molecule has 0 aliphatic carbocycles. The second-order valence-electron chi connectivity index (χ2n) is 1.74. The fourth-order valence-electron chi connectivity index (χ4n) is 0.564. The number of benzene rings is 1. The third kappa shape index (κ3) is 5.43. The summed E-state index contributed by atoms with van der Waals surface area (Å²) in [6.45, 7) is 0. The van der Waals surface area contributed by atoms with Crippen molar-refractivity contribution in [3.63, 3.8) is 0 Å². The molecule has 1 aromatic rings. The normalized spacial score (nSPS) is 9.21. The minimum Gasteiger partial charge on any atom is -0.306 e. The maximum absolute atomic E-state index is 7.56. The zero-order valence-electron chi connectivity index (χ0n) is 6.28. The average Bonchev–Trinajstić information content (AvgIpc) is 2.19. The first-order chi connectivity index (χ1) is 6.43. The molecule has 0 spiro atoms. The summed E-state index contributed by atoms with van der Waals surface area (Å²) < 4.78 is 0. The Balaban J connectivity index is 0.00000169. The summed E-state index contributed by atoms with van der Waals surface area (Å²) >= 11 is 0. The molecular weight excluding hydrogens is 196 g/mol. The van der Waals surface area contributed by atoms with Crippen molar-refractivity contribution in [2.45, 2.75) is 7.43 Å². The summed E-state index contributed by atoms with van der Waals surface area (Å²) in [4.78, 5) is 4.49. The van der Waals surface area contributed by atoms with Crippen LogP contribution in [0.2, 0.25) is 0 Å². The second-order valence-corrected chi connectivity index (χ2v) is 1.74. The van der Waals surface area contributed by atoms with E-state index in [1.165, 1.54) is 0 Å². The molecule has 0 saturated heterocycles. The molecule has 1 N–H and O–H groups in total. The van der Waals surface area contributed by atoms with Crippen LogP contribution in [-0.4, -0.2) is 5.26 Å². The molecule has 0 saturated carbocycles. The minimum absolute atomic E-state index is 0. The lowest BCUT2D eigenvalue weighted by atomic mass is 10.3. The van der Waals surface area contributed by atoms with E-state index in [-0.39, 0.29) is 7.43 Å². The Bertz CT molecular complexity index is 215. The third-order valence-electron chi connectivity index (χ3n) is 0.987. The lowest BCUT2D eigenvalue weighted by Gasteiger charge is -1.99. The van der Waals surface area contributed by atoms with Gasteiger partial charge < -0.3 is 4.89 Å². The fourth-order valence-corrected chi connectivity index (χ4v) is 0.564. The number of para-hydroxylation sites is 1. The smallest absolute Gasteiger partial charge is 0.168 e. The zero-order valence-corrected chi connectivity index (χ0v) is 6.28. The molecule has 0 bridgehead atoms. The van der Waals surface area contributed by atoms with Crippen LogP contribution in [0.25, 0.3) is 0 Å². The second kappa shape index (κ2) is 8.38. The quantitative estimate of drug-likeness (QED) is 0.432. The Morgan fingerprint density at radius 3 is 2.14 bits per heavy atom. The van der Waals surface area contributed by atoms with Gasteiger partial charge in [0.05, 0.1) is 0 Å². The molecule has 0 atom stereocenters. The lowest BCUT2D eigenvalue weighted by Crippen LogP contribution is -2.01. The first kappa shape index (κ1) is 12.8. The first-order valence-electron chi connectivity index (χ1n) is 3.13. The van der Waals surface area contributed by atoms with Gasteiger partial charge in [-0.2, -0.15) is 0 Å². The number of hydrogen-bond acceptors (Lipinski definition) is 7. The van der Waals surface area contributed by atoms with E-state index in [1.54, 1.807) is 30.3 Å². The van der Waals surface area contributed by atoms with Gasteiger partial charge in [-0.25, -0.2) is 5.26 Å². The highest BCUT2D eigenvalue weighted by Crippen LogP contribution is 2.08. The molecule has 80 valence electrons. The van der Waals surface area contributed by atoms with Gasteiger partial charge in [-0.1, -0.05) is 25.6 Å². The summed E-state index contributed by atoms with van der Waals surface area (Å²) in [6, 6.07) is 8.49. The molecule has 0 heterocycles. The van der Waals surface area contributed by atoms with Crippen molar-refractivity contribution < 1.29 is 35.3 Å². The van der Waals surface area contributed by atoms with Crippen molar-refractivity contribution in [1.29, 1.82) is 0 Å². The Kier molecular flexibility index (Phi) is 7.65. The van der Waals surface area contributed by atoms with Gasteiger partial charge in [-0.15, -0.1) is 0 Å². The van der Waals surface area contributed by atoms with Crippen LogP contribution in [0.15, 0.2) is 30.3 Å². The molecule has 7 heteroatoms. The molecule has 0 aromatic heterocycles. The fraction of sp³-hybridized carbons (Fsp3) is 0.143. The Hall–Kier alpha value is -1.22. The van der Waals surface area contributed by atoms with Crippen molar-refractivity contribution in [3.8, 4) is 5.75 Å². The van der Waals surface area contributed by atoms with E-state index < -0.39 is 0 Å². The predicted octanol–water partition coefficient (Wildman–Crippen LogP) is 1.83. The van der Waals surface area contributed by atoms with E-state index in [0.717, 1.165) is 0 Å². The van der Waals surface area contributed by atoms with Gasteiger partial charge in [0.2, 0.25) is 0 Å². The van der Waals surface area contributed by atoms with E-state index >= 15 is 0 Å². The van der Waals surface area contributed by atoms with Gasteiger partial charge in [0.1, 0.15) is 0 Å². The molecule has 0 radical (unpaired) electrons. The molecule has 1 aromatic carbocycles. The van der Waals surface area contributed by atoms with E-state index in [0.29, 0.717) is 5.75 Å². The van der Waals surface area contributed by atoms with Gasteiger partial charge in [0.25, 0.3) is 0 Å². The standard InChI is InChI=1S/C6H6O7.CH4/c7-9-11-13-12-10-8-6-4-2-1-3-5-6;/h1-5,7H;1H4. The topological polar surface area (TPSA) is 75.6 Å². The summed E-state index contributed by atoms with van der Waals surface area (Å²) in [7, 11) is 0. The first-order valence-corrected chi connectivity index (χ1v) is 3.13. The summed E-state index contributed by atoms with van der Waals surface area (Å²) in [5.74, 6) is 0.399. The SMILES string of the molecule is C.OOOOOOOc1ccccc1.